The lowest BCUT2D eigenvalue weighted by molar-refractivity contribution is 0.0152. The van der Waals surface area contributed by atoms with E-state index < -0.39 is 0 Å². The van der Waals surface area contributed by atoms with Crippen molar-refractivity contribution >= 4 is 12.2 Å². The molecule has 4 rings (SSSR count). The van der Waals surface area contributed by atoms with E-state index in [1.165, 1.54) is 0 Å². The van der Waals surface area contributed by atoms with Gasteiger partial charge in [0.05, 0.1) is 25.6 Å². The van der Waals surface area contributed by atoms with E-state index in [0.717, 1.165) is 37.1 Å². The first-order chi connectivity index (χ1) is 11.7. The quantitative estimate of drug-likeness (QED) is 0.862. The molecule has 0 amide bonds. The fraction of sp³-hybridized carbons (Fsp3) is 0.529. The molecule has 2 saturated heterocycles. The molecule has 0 saturated carbocycles. The second kappa shape index (κ2) is 6.31. The first-order valence-electron chi connectivity index (χ1n) is 8.39. The molecular weight excluding hydrogens is 324 g/mol. The zero-order chi connectivity index (χ0) is 16.7. The van der Waals surface area contributed by atoms with Gasteiger partial charge < -0.3 is 9.84 Å². The van der Waals surface area contributed by atoms with Gasteiger partial charge in [-0.1, -0.05) is 12.1 Å². The van der Waals surface area contributed by atoms with E-state index in [9.17, 15) is 5.11 Å². The summed E-state index contributed by atoms with van der Waals surface area (Å²) in [4.78, 5) is 2.45. The molecule has 1 aromatic heterocycles. The average Bonchev–Trinajstić information content (AvgIpc) is 3.06. The van der Waals surface area contributed by atoms with E-state index in [-0.39, 0.29) is 6.10 Å². The lowest BCUT2D eigenvalue weighted by Crippen LogP contribution is -2.45. The lowest BCUT2D eigenvalue weighted by Gasteiger charge is -2.36. The molecule has 2 aliphatic rings. The number of piperidine rings is 1. The molecule has 2 bridgehead atoms. The van der Waals surface area contributed by atoms with Gasteiger partial charge in [-0.15, -0.1) is 0 Å². The maximum absolute atomic E-state index is 9.95. The Morgan fingerprint density at radius 1 is 1.25 bits per heavy atom. The van der Waals surface area contributed by atoms with Gasteiger partial charge in [-0.25, -0.2) is 4.68 Å². The molecule has 2 fully saturated rings. The van der Waals surface area contributed by atoms with Crippen molar-refractivity contribution in [2.24, 2.45) is 0 Å². The van der Waals surface area contributed by atoms with Crippen molar-refractivity contribution in [1.29, 1.82) is 0 Å². The molecule has 2 aromatic rings. The molecule has 1 aromatic carbocycles. The van der Waals surface area contributed by atoms with Crippen molar-refractivity contribution in [2.75, 3.05) is 7.11 Å². The van der Waals surface area contributed by atoms with Crippen molar-refractivity contribution in [2.45, 2.75) is 50.5 Å². The Kier molecular flexibility index (Phi) is 4.15. The molecule has 2 atom stereocenters. The maximum Gasteiger partial charge on any atom is 0.203 e. The van der Waals surface area contributed by atoms with Crippen LogP contribution in [0, 0.1) is 4.77 Å². The summed E-state index contributed by atoms with van der Waals surface area (Å²) < 4.78 is 9.83. The van der Waals surface area contributed by atoms with E-state index in [4.69, 9.17) is 17.0 Å². The average molecular weight is 346 g/mol. The van der Waals surface area contributed by atoms with E-state index in [1.54, 1.807) is 13.4 Å². The summed E-state index contributed by atoms with van der Waals surface area (Å²) in [6.45, 7) is 0.684. The summed E-state index contributed by atoms with van der Waals surface area (Å²) in [6, 6.07) is 8.67. The smallest absolute Gasteiger partial charge is 0.203 e. The Morgan fingerprint density at radius 3 is 2.67 bits per heavy atom. The summed E-state index contributed by atoms with van der Waals surface area (Å²) in [5.74, 6) is 0.773. The van der Waals surface area contributed by atoms with Crippen LogP contribution in [0.25, 0.3) is 5.69 Å². The van der Waals surface area contributed by atoms with Crippen LogP contribution >= 0.6 is 12.2 Å². The van der Waals surface area contributed by atoms with E-state index in [0.29, 0.717) is 23.5 Å². The van der Waals surface area contributed by atoms with Gasteiger partial charge in [0.1, 0.15) is 12.1 Å². The van der Waals surface area contributed by atoms with Gasteiger partial charge in [-0.05, 0) is 50.0 Å². The van der Waals surface area contributed by atoms with Crippen LogP contribution in [0.2, 0.25) is 0 Å². The second-order valence-corrected chi connectivity index (χ2v) is 6.99. The molecule has 1 N–H and O–H groups in total. The highest BCUT2D eigenvalue weighted by Gasteiger charge is 2.40. The van der Waals surface area contributed by atoms with Crippen molar-refractivity contribution in [1.82, 2.24) is 19.2 Å². The number of fused-ring (bicyclic) bond motifs is 2. The van der Waals surface area contributed by atoms with Crippen LogP contribution < -0.4 is 4.74 Å². The topological polar surface area (TPSA) is 55.5 Å². The van der Waals surface area contributed by atoms with E-state index >= 15 is 0 Å². The highest BCUT2D eigenvalue weighted by atomic mass is 32.1. The van der Waals surface area contributed by atoms with Gasteiger partial charge in [0.25, 0.3) is 0 Å². The Hall–Kier alpha value is -1.70. The first-order valence-corrected chi connectivity index (χ1v) is 8.80. The van der Waals surface area contributed by atoms with Crippen LogP contribution in [0.15, 0.2) is 30.6 Å². The van der Waals surface area contributed by atoms with Crippen molar-refractivity contribution in [3.63, 3.8) is 0 Å². The monoisotopic (exact) mass is 346 g/mol. The van der Waals surface area contributed by atoms with Crippen LogP contribution in [0.4, 0.5) is 0 Å². The zero-order valence-corrected chi connectivity index (χ0v) is 14.5. The van der Waals surface area contributed by atoms with E-state index in [1.807, 2.05) is 33.5 Å². The number of aromatic nitrogens is 3. The number of hydrogen-bond acceptors (Lipinski definition) is 5. The standard InChI is InChI=1S/C17H22N4O2S/c1-23-16-5-3-2-4-15(16)19-10-18-21(17(19)24)11-20-12-6-7-13(20)9-14(22)8-12/h2-5,10,12-14,22H,6-9,11H2,1H3. The maximum atomic E-state index is 9.95. The number of hydrogen-bond donors (Lipinski definition) is 1. The minimum Gasteiger partial charge on any atom is -0.495 e. The third kappa shape index (κ3) is 2.66. The van der Waals surface area contributed by atoms with Gasteiger partial charge in [-0.2, -0.15) is 5.10 Å². The Balaban J connectivity index is 1.61. The fourth-order valence-electron chi connectivity index (χ4n) is 4.06. The third-order valence-corrected chi connectivity index (χ3v) is 5.64. The molecule has 0 spiro atoms. The SMILES string of the molecule is COc1ccccc1-n1cnn(CN2C3CCC2CC(O)C3)c1=S. The Bertz CT molecular complexity index is 773. The van der Waals surface area contributed by atoms with Crippen LogP contribution in [-0.4, -0.2) is 49.7 Å². The fourth-order valence-corrected chi connectivity index (χ4v) is 4.31. The van der Waals surface area contributed by atoms with Gasteiger partial charge in [0.2, 0.25) is 4.77 Å². The molecule has 24 heavy (non-hydrogen) atoms. The van der Waals surface area contributed by atoms with Gasteiger partial charge >= 0.3 is 0 Å². The van der Waals surface area contributed by atoms with Crippen molar-refractivity contribution < 1.29 is 9.84 Å². The Morgan fingerprint density at radius 2 is 1.96 bits per heavy atom. The summed E-state index contributed by atoms with van der Waals surface area (Å²) in [7, 11) is 1.66. The number of benzene rings is 1. The molecule has 0 radical (unpaired) electrons. The summed E-state index contributed by atoms with van der Waals surface area (Å²) in [6.07, 6.45) is 5.62. The summed E-state index contributed by atoms with van der Waals surface area (Å²) in [5, 5.41) is 14.4. The number of rotatable bonds is 4. The number of aliphatic hydroxyl groups excluding tert-OH is 1. The van der Waals surface area contributed by atoms with Crippen LogP contribution in [0.5, 0.6) is 5.75 Å². The van der Waals surface area contributed by atoms with Crippen LogP contribution in [0.3, 0.4) is 0 Å². The molecular formula is C17H22N4O2S. The predicted octanol–water partition coefficient (Wildman–Crippen LogP) is 2.36. The molecule has 6 nitrogen and oxygen atoms in total. The summed E-state index contributed by atoms with van der Waals surface area (Å²) in [5.41, 5.74) is 0.897. The predicted molar refractivity (Wildman–Crippen MR) is 92.8 cm³/mol. The molecule has 3 heterocycles. The number of methoxy groups -OCH3 is 1. The number of ether oxygens (including phenoxy) is 1. The number of para-hydroxylation sites is 2. The van der Waals surface area contributed by atoms with Crippen molar-refractivity contribution in [3.8, 4) is 11.4 Å². The summed E-state index contributed by atoms with van der Waals surface area (Å²) >= 11 is 5.64. The number of nitrogens with zero attached hydrogens (tertiary/aromatic N) is 4. The molecule has 2 aliphatic heterocycles. The highest BCUT2D eigenvalue weighted by Crippen LogP contribution is 2.36. The lowest BCUT2D eigenvalue weighted by atomic mass is 10.0. The number of aliphatic hydroxyl groups is 1. The van der Waals surface area contributed by atoms with Crippen LogP contribution in [-0.2, 0) is 6.67 Å². The van der Waals surface area contributed by atoms with E-state index in [2.05, 4.69) is 10.00 Å². The normalized spacial score (nSPS) is 26.7. The molecule has 0 aliphatic carbocycles. The second-order valence-electron chi connectivity index (χ2n) is 6.62. The van der Waals surface area contributed by atoms with Crippen molar-refractivity contribution in [3.05, 3.63) is 35.4 Å². The van der Waals surface area contributed by atoms with Gasteiger partial charge in [0, 0.05) is 12.1 Å². The van der Waals surface area contributed by atoms with Gasteiger partial charge in [0.15, 0.2) is 0 Å². The molecule has 7 heteroatoms. The van der Waals surface area contributed by atoms with Gasteiger partial charge in [-0.3, -0.25) is 9.47 Å². The Labute approximate surface area is 146 Å². The third-order valence-electron chi connectivity index (χ3n) is 5.23. The zero-order valence-electron chi connectivity index (χ0n) is 13.7. The largest absolute Gasteiger partial charge is 0.495 e. The first kappa shape index (κ1) is 15.8. The van der Waals surface area contributed by atoms with Crippen LogP contribution in [0.1, 0.15) is 25.7 Å². The molecule has 128 valence electrons. The highest BCUT2D eigenvalue weighted by molar-refractivity contribution is 7.71. The molecule has 2 unspecified atom stereocenters. The minimum atomic E-state index is -0.155. The minimum absolute atomic E-state index is 0.155.